The molecule has 108 valence electrons. The zero-order chi connectivity index (χ0) is 15.0. The number of nitrogen functional groups attached to an aromatic ring is 1. The fourth-order valence-electron chi connectivity index (χ4n) is 2.21. The molecule has 0 unspecified atom stereocenters. The van der Waals surface area contributed by atoms with Crippen LogP contribution < -0.4 is 20.8 Å². The van der Waals surface area contributed by atoms with Crippen molar-refractivity contribution in [2.45, 2.75) is 0 Å². The Morgan fingerprint density at radius 3 is 2.81 bits per heavy atom. The number of para-hydroxylation sites is 1. The second-order valence-corrected chi connectivity index (χ2v) is 4.42. The molecule has 7 heteroatoms. The maximum absolute atomic E-state index is 12.0. The van der Waals surface area contributed by atoms with Gasteiger partial charge in [0.1, 0.15) is 5.69 Å². The highest BCUT2D eigenvalue weighted by Crippen LogP contribution is 2.37. The van der Waals surface area contributed by atoms with Crippen molar-refractivity contribution in [1.29, 1.82) is 0 Å². The first-order valence-corrected chi connectivity index (χ1v) is 6.23. The van der Waals surface area contributed by atoms with E-state index in [1.165, 1.54) is 10.7 Å². The molecule has 0 fully saturated rings. The number of nitrogens with two attached hydrogens (primary N) is 1. The van der Waals surface area contributed by atoms with E-state index in [-0.39, 0.29) is 11.2 Å². The summed E-state index contributed by atoms with van der Waals surface area (Å²) in [5.41, 5.74) is 7.24. The smallest absolute Gasteiger partial charge is 0.295 e. The summed E-state index contributed by atoms with van der Waals surface area (Å²) >= 11 is 0. The van der Waals surface area contributed by atoms with Crippen molar-refractivity contribution < 1.29 is 9.47 Å². The molecule has 2 aromatic heterocycles. The Labute approximate surface area is 119 Å². The lowest BCUT2D eigenvalue weighted by Gasteiger charge is -2.11. The molecule has 3 aromatic rings. The first-order valence-electron chi connectivity index (χ1n) is 6.23. The van der Waals surface area contributed by atoms with E-state index in [9.17, 15) is 4.79 Å². The molecule has 0 amide bonds. The van der Waals surface area contributed by atoms with Crippen molar-refractivity contribution in [3.8, 4) is 22.8 Å². The van der Waals surface area contributed by atoms with Gasteiger partial charge in [0.25, 0.3) is 5.56 Å². The largest absolute Gasteiger partial charge is 0.493 e. The quantitative estimate of drug-likeness (QED) is 0.756. The molecule has 0 aliphatic rings. The fourth-order valence-corrected chi connectivity index (χ4v) is 2.21. The van der Waals surface area contributed by atoms with Gasteiger partial charge in [0.2, 0.25) is 0 Å². The number of ether oxygens (including phenoxy) is 2. The highest BCUT2D eigenvalue weighted by atomic mass is 16.5. The number of hydrogen-bond acceptors (Lipinski definition) is 5. The molecule has 0 aliphatic heterocycles. The maximum atomic E-state index is 12.0. The molecule has 0 saturated carbocycles. The number of aromatic amines is 1. The van der Waals surface area contributed by atoms with Crippen molar-refractivity contribution in [1.82, 2.24) is 14.6 Å². The molecular formula is C14H14N4O3. The Kier molecular flexibility index (Phi) is 3.02. The third kappa shape index (κ3) is 1.99. The van der Waals surface area contributed by atoms with E-state index in [1.807, 2.05) is 12.1 Å². The molecule has 0 aliphatic carbocycles. The van der Waals surface area contributed by atoms with Gasteiger partial charge >= 0.3 is 0 Å². The molecular weight excluding hydrogens is 272 g/mol. The number of fused-ring (bicyclic) bond motifs is 1. The summed E-state index contributed by atoms with van der Waals surface area (Å²) in [6.07, 6.45) is 1.35. The zero-order valence-corrected chi connectivity index (χ0v) is 11.6. The first kappa shape index (κ1) is 13.0. The van der Waals surface area contributed by atoms with Crippen molar-refractivity contribution in [3.63, 3.8) is 0 Å². The summed E-state index contributed by atoms with van der Waals surface area (Å²) in [6, 6.07) is 7.25. The van der Waals surface area contributed by atoms with Crippen LogP contribution in [-0.4, -0.2) is 28.8 Å². The van der Waals surface area contributed by atoms with Gasteiger partial charge in [-0.15, -0.1) is 0 Å². The van der Waals surface area contributed by atoms with Crippen LogP contribution in [0.2, 0.25) is 0 Å². The normalized spacial score (nSPS) is 10.8. The summed E-state index contributed by atoms with van der Waals surface area (Å²) in [5, 5.41) is 2.97. The molecule has 2 heterocycles. The van der Waals surface area contributed by atoms with E-state index in [0.29, 0.717) is 22.8 Å². The highest BCUT2D eigenvalue weighted by Gasteiger charge is 2.14. The number of rotatable bonds is 3. The summed E-state index contributed by atoms with van der Waals surface area (Å²) in [5.74, 6) is 1.18. The molecule has 7 nitrogen and oxygen atoms in total. The van der Waals surface area contributed by atoms with Crippen LogP contribution in [0.5, 0.6) is 11.5 Å². The average molecular weight is 286 g/mol. The number of methoxy groups -OCH3 is 2. The van der Waals surface area contributed by atoms with E-state index in [2.05, 4.69) is 10.1 Å². The Hall–Kier alpha value is -2.96. The van der Waals surface area contributed by atoms with Crippen LogP contribution in [0.15, 0.2) is 35.3 Å². The Morgan fingerprint density at radius 2 is 2.10 bits per heavy atom. The number of H-pyrrole nitrogens is 1. The van der Waals surface area contributed by atoms with Gasteiger partial charge in [-0.05, 0) is 12.1 Å². The van der Waals surface area contributed by atoms with Crippen molar-refractivity contribution in [2.24, 2.45) is 0 Å². The third-order valence-electron chi connectivity index (χ3n) is 3.21. The van der Waals surface area contributed by atoms with Gasteiger partial charge in [-0.2, -0.15) is 4.52 Å². The maximum Gasteiger partial charge on any atom is 0.295 e. The second-order valence-electron chi connectivity index (χ2n) is 4.42. The van der Waals surface area contributed by atoms with Gasteiger partial charge in [0.05, 0.1) is 26.1 Å². The van der Waals surface area contributed by atoms with Gasteiger partial charge in [-0.3, -0.25) is 9.89 Å². The molecule has 0 saturated heterocycles. The van der Waals surface area contributed by atoms with Crippen molar-refractivity contribution in [2.75, 3.05) is 20.0 Å². The standard InChI is InChI=1S/C14H14N4O3/c1-20-11-5-3-4-8(13(11)21-2)10-6-12-16-7-9(15)14(19)18(12)17-10/h3-7,17H,15H2,1-2H3. The van der Waals surface area contributed by atoms with Crippen LogP contribution in [0.25, 0.3) is 16.9 Å². The highest BCUT2D eigenvalue weighted by molar-refractivity contribution is 5.73. The minimum atomic E-state index is -0.340. The molecule has 0 atom stereocenters. The molecule has 3 N–H and O–H groups in total. The lowest BCUT2D eigenvalue weighted by Crippen LogP contribution is -2.18. The topological polar surface area (TPSA) is 94.6 Å². The number of aromatic nitrogens is 3. The zero-order valence-electron chi connectivity index (χ0n) is 11.6. The van der Waals surface area contributed by atoms with Crippen molar-refractivity contribution >= 4 is 11.3 Å². The van der Waals surface area contributed by atoms with Gasteiger partial charge in [-0.1, -0.05) is 6.07 Å². The van der Waals surface area contributed by atoms with Crippen LogP contribution in [-0.2, 0) is 0 Å². The number of anilines is 1. The summed E-state index contributed by atoms with van der Waals surface area (Å²) < 4.78 is 12.0. The molecule has 1 aromatic carbocycles. The van der Waals surface area contributed by atoms with Crippen LogP contribution in [0.1, 0.15) is 0 Å². The lowest BCUT2D eigenvalue weighted by molar-refractivity contribution is 0.356. The number of hydrogen-bond donors (Lipinski definition) is 2. The Balaban J connectivity index is 2.26. The van der Waals surface area contributed by atoms with Gasteiger partial charge in [-0.25, -0.2) is 4.98 Å². The number of nitrogens with one attached hydrogen (secondary N) is 1. The van der Waals surface area contributed by atoms with Crippen LogP contribution in [0, 0.1) is 0 Å². The fraction of sp³-hybridized carbons (Fsp3) is 0.143. The average Bonchev–Trinajstić information content (AvgIpc) is 2.94. The van der Waals surface area contributed by atoms with Crippen molar-refractivity contribution in [3.05, 3.63) is 40.8 Å². The van der Waals surface area contributed by atoms with Gasteiger partial charge < -0.3 is 15.2 Å². The van der Waals surface area contributed by atoms with Crippen LogP contribution in [0.3, 0.4) is 0 Å². The monoisotopic (exact) mass is 286 g/mol. The summed E-state index contributed by atoms with van der Waals surface area (Å²) in [4.78, 5) is 16.1. The predicted molar refractivity (Wildman–Crippen MR) is 78.8 cm³/mol. The minimum Gasteiger partial charge on any atom is -0.493 e. The molecule has 0 radical (unpaired) electrons. The first-order chi connectivity index (χ1) is 10.2. The number of benzene rings is 1. The van der Waals surface area contributed by atoms with Crippen LogP contribution >= 0.6 is 0 Å². The Bertz CT molecular complexity index is 866. The minimum absolute atomic E-state index is 0.0820. The van der Waals surface area contributed by atoms with E-state index in [4.69, 9.17) is 15.2 Å². The molecule has 3 rings (SSSR count). The third-order valence-corrected chi connectivity index (χ3v) is 3.21. The second kappa shape index (κ2) is 4.86. The van der Waals surface area contributed by atoms with Crippen LogP contribution in [0.4, 0.5) is 5.69 Å². The molecule has 21 heavy (non-hydrogen) atoms. The summed E-state index contributed by atoms with van der Waals surface area (Å²) in [6.45, 7) is 0. The number of nitrogens with zero attached hydrogens (tertiary/aromatic N) is 2. The Morgan fingerprint density at radius 1 is 1.29 bits per heavy atom. The van der Waals surface area contributed by atoms with E-state index in [0.717, 1.165) is 5.56 Å². The predicted octanol–water partition coefficient (Wildman–Crippen LogP) is 1.29. The summed E-state index contributed by atoms with van der Waals surface area (Å²) in [7, 11) is 3.13. The molecule has 0 spiro atoms. The lowest BCUT2D eigenvalue weighted by atomic mass is 10.1. The van der Waals surface area contributed by atoms with Gasteiger partial charge in [0.15, 0.2) is 17.1 Å². The van der Waals surface area contributed by atoms with E-state index in [1.54, 1.807) is 26.4 Å². The van der Waals surface area contributed by atoms with E-state index >= 15 is 0 Å². The van der Waals surface area contributed by atoms with E-state index < -0.39 is 0 Å². The van der Waals surface area contributed by atoms with Gasteiger partial charge in [0, 0.05) is 11.6 Å². The SMILES string of the molecule is COc1cccc(-c2cc3ncc(N)c(=O)n3[nH]2)c1OC. The molecule has 0 bridgehead atoms.